The van der Waals surface area contributed by atoms with Crippen LogP contribution in [0.5, 0.6) is 5.75 Å². The summed E-state index contributed by atoms with van der Waals surface area (Å²) in [4.78, 5) is 22.5. The number of aliphatic carboxylic acids is 1. The van der Waals surface area contributed by atoms with E-state index >= 15 is 0 Å². The molecule has 20 heavy (non-hydrogen) atoms. The fraction of sp³-hybridized carbons (Fsp3) is 0.333. The van der Waals surface area contributed by atoms with Crippen LogP contribution in [0.4, 0.5) is 0 Å². The molecule has 5 heteroatoms. The van der Waals surface area contributed by atoms with Crippen LogP contribution in [0.3, 0.4) is 0 Å². The number of carbonyl (C=O) groups is 2. The average molecular weight is 277 g/mol. The van der Waals surface area contributed by atoms with E-state index < -0.39 is 5.97 Å². The van der Waals surface area contributed by atoms with E-state index in [4.69, 9.17) is 9.84 Å². The summed E-state index contributed by atoms with van der Waals surface area (Å²) in [6, 6.07) is 7.58. The highest BCUT2D eigenvalue weighted by atomic mass is 16.5. The summed E-state index contributed by atoms with van der Waals surface area (Å²) in [6.45, 7) is 3.36. The minimum atomic E-state index is -1.08. The minimum Gasteiger partial charge on any atom is -0.497 e. The van der Waals surface area contributed by atoms with E-state index in [1.807, 2.05) is 24.3 Å². The number of rotatable bonds is 6. The second-order valence-electron chi connectivity index (χ2n) is 4.41. The molecule has 0 aliphatic rings. The summed E-state index contributed by atoms with van der Waals surface area (Å²) >= 11 is 0. The first kappa shape index (κ1) is 15.8. The molecule has 0 radical (unpaired) electrons. The lowest BCUT2D eigenvalue weighted by Gasteiger charge is -2.08. The lowest BCUT2D eigenvalue weighted by molar-refractivity contribution is -0.133. The Labute approximate surface area is 118 Å². The number of carbonyl (C=O) groups excluding carboxylic acids is 1. The fourth-order valence-corrected chi connectivity index (χ4v) is 1.61. The maximum absolute atomic E-state index is 11.7. The smallest absolute Gasteiger partial charge is 0.331 e. The van der Waals surface area contributed by atoms with Gasteiger partial charge in [0.1, 0.15) is 5.75 Å². The number of nitrogens with one attached hydrogen (secondary N) is 1. The number of methoxy groups -OCH3 is 1. The van der Waals surface area contributed by atoms with Crippen molar-refractivity contribution in [2.75, 3.05) is 13.7 Å². The molecule has 0 unspecified atom stereocenters. The summed E-state index contributed by atoms with van der Waals surface area (Å²) in [5.41, 5.74) is 1.33. The van der Waals surface area contributed by atoms with E-state index in [1.165, 1.54) is 13.8 Å². The van der Waals surface area contributed by atoms with Crippen LogP contribution in [-0.2, 0) is 16.0 Å². The topological polar surface area (TPSA) is 75.6 Å². The van der Waals surface area contributed by atoms with Crippen molar-refractivity contribution in [3.63, 3.8) is 0 Å². The summed E-state index contributed by atoms with van der Waals surface area (Å²) < 4.78 is 5.12. The van der Waals surface area contributed by atoms with Crippen molar-refractivity contribution in [1.29, 1.82) is 0 Å². The van der Waals surface area contributed by atoms with E-state index in [-0.39, 0.29) is 17.1 Å². The van der Waals surface area contributed by atoms with Crippen molar-refractivity contribution in [3.8, 4) is 5.75 Å². The van der Waals surface area contributed by atoms with Gasteiger partial charge >= 0.3 is 5.97 Å². The molecule has 1 amide bonds. The normalized spacial score (nSPS) is 11.6. The molecule has 2 N–H and O–H groups in total. The third kappa shape index (κ3) is 4.42. The van der Waals surface area contributed by atoms with Crippen molar-refractivity contribution in [2.24, 2.45) is 0 Å². The number of hydrogen-bond donors (Lipinski definition) is 2. The lowest BCUT2D eigenvalue weighted by atomic mass is 10.1. The van der Waals surface area contributed by atoms with Crippen LogP contribution in [0.25, 0.3) is 0 Å². The van der Waals surface area contributed by atoms with Crippen molar-refractivity contribution < 1.29 is 19.4 Å². The number of hydrogen-bond acceptors (Lipinski definition) is 3. The first-order valence-electron chi connectivity index (χ1n) is 6.27. The predicted molar refractivity (Wildman–Crippen MR) is 75.7 cm³/mol. The first-order chi connectivity index (χ1) is 9.45. The quantitative estimate of drug-likeness (QED) is 0.777. The standard InChI is InChI=1S/C15H19NO4/c1-10(11(2)15(18)19)14(17)16-8-7-12-5-4-6-13(9-12)20-3/h4-6,9H,7-8H2,1-3H3,(H,16,17)(H,18,19)/b11-10-. The summed E-state index contributed by atoms with van der Waals surface area (Å²) in [5, 5.41) is 11.5. The zero-order chi connectivity index (χ0) is 15.1. The highest BCUT2D eigenvalue weighted by Gasteiger charge is 2.11. The van der Waals surface area contributed by atoms with Crippen LogP contribution in [0.2, 0.25) is 0 Å². The molecule has 0 aromatic heterocycles. The number of amides is 1. The zero-order valence-corrected chi connectivity index (χ0v) is 11.9. The van der Waals surface area contributed by atoms with Crippen molar-refractivity contribution >= 4 is 11.9 Å². The number of carboxylic acid groups (broad SMARTS) is 1. The maximum Gasteiger partial charge on any atom is 0.331 e. The van der Waals surface area contributed by atoms with Crippen molar-refractivity contribution in [1.82, 2.24) is 5.32 Å². The minimum absolute atomic E-state index is 0.0591. The molecule has 0 fully saturated rings. The van der Waals surface area contributed by atoms with E-state index in [0.717, 1.165) is 11.3 Å². The van der Waals surface area contributed by atoms with E-state index in [9.17, 15) is 9.59 Å². The van der Waals surface area contributed by atoms with Crippen molar-refractivity contribution in [2.45, 2.75) is 20.3 Å². The Hall–Kier alpha value is -2.30. The SMILES string of the molecule is COc1cccc(CCNC(=O)/C(C)=C(/C)C(=O)O)c1. The molecule has 5 nitrogen and oxygen atoms in total. The molecular formula is C15H19NO4. The molecule has 1 aromatic rings. The van der Waals surface area contributed by atoms with Gasteiger partial charge in [0.25, 0.3) is 0 Å². The molecular weight excluding hydrogens is 258 g/mol. The Bertz CT molecular complexity index is 534. The molecule has 1 rings (SSSR count). The van der Waals surface area contributed by atoms with Crippen molar-refractivity contribution in [3.05, 3.63) is 41.0 Å². The van der Waals surface area contributed by atoms with Crippen LogP contribution in [0.15, 0.2) is 35.4 Å². The second kappa shape index (κ2) is 7.33. The predicted octanol–water partition coefficient (Wildman–Crippen LogP) is 1.77. The van der Waals surface area contributed by atoms with Crippen LogP contribution in [0, 0.1) is 0 Å². The van der Waals surface area contributed by atoms with Gasteiger partial charge in [0.2, 0.25) is 5.91 Å². The van der Waals surface area contributed by atoms with Crippen LogP contribution in [-0.4, -0.2) is 30.6 Å². The number of carboxylic acids is 1. The molecule has 0 bridgehead atoms. The molecule has 0 aliphatic heterocycles. The van der Waals surface area contributed by atoms with Crippen LogP contribution >= 0.6 is 0 Å². The van der Waals surface area contributed by atoms with Gasteiger partial charge in [0, 0.05) is 17.7 Å². The number of ether oxygens (including phenoxy) is 1. The third-order valence-corrected chi connectivity index (χ3v) is 3.06. The average Bonchev–Trinajstić information content (AvgIpc) is 2.45. The highest BCUT2D eigenvalue weighted by molar-refractivity contribution is 6.01. The molecule has 0 heterocycles. The van der Waals surface area contributed by atoms with Gasteiger partial charge in [-0.25, -0.2) is 4.79 Å². The number of benzene rings is 1. The van der Waals surface area contributed by atoms with Crippen LogP contribution in [0.1, 0.15) is 19.4 Å². The van der Waals surface area contributed by atoms with E-state index in [0.29, 0.717) is 13.0 Å². The summed E-state index contributed by atoms with van der Waals surface area (Å²) in [7, 11) is 1.60. The molecule has 0 saturated heterocycles. The second-order valence-corrected chi connectivity index (χ2v) is 4.41. The Morgan fingerprint density at radius 2 is 1.95 bits per heavy atom. The van der Waals surface area contributed by atoms with E-state index in [2.05, 4.69) is 5.32 Å². The summed E-state index contributed by atoms with van der Waals surface area (Å²) in [5.74, 6) is -0.662. The van der Waals surface area contributed by atoms with Crippen LogP contribution < -0.4 is 10.1 Å². The van der Waals surface area contributed by atoms with Gasteiger partial charge < -0.3 is 15.2 Å². The molecule has 1 aromatic carbocycles. The van der Waals surface area contributed by atoms with Gasteiger partial charge in [-0.1, -0.05) is 12.1 Å². The first-order valence-corrected chi connectivity index (χ1v) is 6.27. The largest absolute Gasteiger partial charge is 0.497 e. The third-order valence-electron chi connectivity index (χ3n) is 3.06. The molecule has 0 spiro atoms. The maximum atomic E-state index is 11.7. The van der Waals surface area contributed by atoms with Gasteiger partial charge in [0.15, 0.2) is 0 Å². The van der Waals surface area contributed by atoms with Gasteiger partial charge in [-0.05, 0) is 38.0 Å². The molecule has 108 valence electrons. The molecule has 0 saturated carbocycles. The zero-order valence-electron chi connectivity index (χ0n) is 11.9. The molecule has 0 atom stereocenters. The lowest BCUT2D eigenvalue weighted by Crippen LogP contribution is -2.27. The Balaban J connectivity index is 2.54. The van der Waals surface area contributed by atoms with Gasteiger partial charge in [0.05, 0.1) is 7.11 Å². The van der Waals surface area contributed by atoms with Gasteiger partial charge in [-0.15, -0.1) is 0 Å². The monoisotopic (exact) mass is 277 g/mol. The van der Waals surface area contributed by atoms with E-state index in [1.54, 1.807) is 7.11 Å². The molecule has 0 aliphatic carbocycles. The Morgan fingerprint density at radius 1 is 1.25 bits per heavy atom. The fourth-order valence-electron chi connectivity index (χ4n) is 1.61. The Morgan fingerprint density at radius 3 is 2.55 bits per heavy atom. The summed E-state index contributed by atoms with van der Waals surface area (Å²) in [6.07, 6.45) is 0.655. The van der Waals surface area contributed by atoms with Gasteiger partial charge in [-0.2, -0.15) is 0 Å². The highest BCUT2D eigenvalue weighted by Crippen LogP contribution is 2.12. The van der Waals surface area contributed by atoms with Gasteiger partial charge in [-0.3, -0.25) is 4.79 Å². The Kier molecular flexibility index (Phi) is 5.77.